The van der Waals surface area contributed by atoms with Crippen molar-refractivity contribution < 1.29 is 17.9 Å². The molecular formula is C19H23N3O4S. The van der Waals surface area contributed by atoms with E-state index in [0.717, 1.165) is 17.0 Å². The molecule has 0 radical (unpaired) electrons. The van der Waals surface area contributed by atoms with E-state index in [2.05, 4.69) is 10.3 Å². The number of carbonyl (C=O) groups excluding carboxylic acids is 1. The summed E-state index contributed by atoms with van der Waals surface area (Å²) < 4.78 is 28.4. The Morgan fingerprint density at radius 1 is 1.30 bits per heavy atom. The van der Waals surface area contributed by atoms with Crippen LogP contribution in [0.1, 0.15) is 22.3 Å². The van der Waals surface area contributed by atoms with Crippen molar-refractivity contribution in [3.63, 3.8) is 0 Å². The van der Waals surface area contributed by atoms with Gasteiger partial charge in [0.25, 0.3) is 5.91 Å². The van der Waals surface area contributed by atoms with Crippen LogP contribution in [-0.2, 0) is 16.4 Å². The van der Waals surface area contributed by atoms with Crippen molar-refractivity contribution in [2.75, 3.05) is 31.0 Å². The average molecular weight is 389 g/mol. The lowest BCUT2D eigenvalue weighted by atomic mass is 10.1. The molecule has 1 unspecified atom stereocenters. The summed E-state index contributed by atoms with van der Waals surface area (Å²) in [5.41, 5.74) is 2.23. The number of aromatic nitrogens is 1. The largest absolute Gasteiger partial charge is 0.497 e. The smallest absolute Gasteiger partial charge is 0.255 e. The van der Waals surface area contributed by atoms with Gasteiger partial charge in [0, 0.05) is 32.0 Å². The SMILES string of the molecule is COc1ccc(CNc2cncc(C(=O)N(C)C3CCS(=O)(=O)C3)c2)cc1. The molecule has 1 fully saturated rings. The molecule has 7 nitrogen and oxygen atoms in total. The number of pyridine rings is 1. The van der Waals surface area contributed by atoms with Crippen LogP contribution in [0.4, 0.5) is 5.69 Å². The zero-order valence-electron chi connectivity index (χ0n) is 15.4. The normalized spacial score (nSPS) is 18.1. The summed E-state index contributed by atoms with van der Waals surface area (Å²) in [5, 5.41) is 3.25. The molecule has 3 rings (SSSR count). The molecule has 2 aromatic rings. The third kappa shape index (κ3) is 4.77. The first-order valence-corrected chi connectivity index (χ1v) is 10.5. The van der Waals surface area contributed by atoms with Crippen molar-refractivity contribution in [1.29, 1.82) is 0 Å². The molecule has 2 heterocycles. The first-order chi connectivity index (χ1) is 12.9. The summed E-state index contributed by atoms with van der Waals surface area (Å²) in [7, 11) is 0.229. The summed E-state index contributed by atoms with van der Waals surface area (Å²) >= 11 is 0. The van der Waals surface area contributed by atoms with Gasteiger partial charge in [0.2, 0.25) is 0 Å². The van der Waals surface area contributed by atoms with Crippen molar-refractivity contribution in [3.05, 3.63) is 53.9 Å². The maximum absolute atomic E-state index is 12.7. The van der Waals surface area contributed by atoms with Gasteiger partial charge in [0.05, 0.1) is 29.9 Å². The van der Waals surface area contributed by atoms with E-state index in [1.165, 1.54) is 11.1 Å². The lowest BCUT2D eigenvalue weighted by molar-refractivity contribution is 0.0747. The predicted molar refractivity (Wildman–Crippen MR) is 104 cm³/mol. The Balaban J connectivity index is 1.64. The molecule has 1 amide bonds. The van der Waals surface area contributed by atoms with Gasteiger partial charge in [0.15, 0.2) is 9.84 Å². The first-order valence-electron chi connectivity index (χ1n) is 8.67. The fourth-order valence-corrected chi connectivity index (χ4v) is 4.83. The van der Waals surface area contributed by atoms with E-state index in [-0.39, 0.29) is 23.5 Å². The standard InChI is InChI=1S/C19H23N3O4S/c1-22(17-7-8-27(24,25)13-17)19(23)15-9-16(12-20-11-15)21-10-14-3-5-18(26-2)6-4-14/h3-6,9,11-12,17,21H,7-8,10,13H2,1-2H3. The molecule has 1 saturated heterocycles. The quantitative estimate of drug-likeness (QED) is 0.813. The summed E-state index contributed by atoms with van der Waals surface area (Å²) in [5.74, 6) is 0.734. The topological polar surface area (TPSA) is 88.6 Å². The minimum absolute atomic E-state index is 0.0259. The number of rotatable bonds is 6. The van der Waals surface area contributed by atoms with Crippen LogP contribution in [0.5, 0.6) is 5.75 Å². The van der Waals surface area contributed by atoms with E-state index >= 15 is 0 Å². The highest BCUT2D eigenvalue weighted by Crippen LogP contribution is 2.20. The van der Waals surface area contributed by atoms with Crippen molar-refractivity contribution in [1.82, 2.24) is 9.88 Å². The monoisotopic (exact) mass is 389 g/mol. The molecular weight excluding hydrogens is 366 g/mol. The fraction of sp³-hybridized carbons (Fsp3) is 0.368. The van der Waals surface area contributed by atoms with Gasteiger partial charge in [-0.25, -0.2) is 8.42 Å². The van der Waals surface area contributed by atoms with Gasteiger partial charge in [-0.15, -0.1) is 0 Å². The lowest BCUT2D eigenvalue weighted by Crippen LogP contribution is -2.37. The van der Waals surface area contributed by atoms with Crippen molar-refractivity contribution in [2.24, 2.45) is 0 Å². The fourth-order valence-electron chi connectivity index (χ4n) is 3.05. The Morgan fingerprint density at radius 3 is 2.67 bits per heavy atom. The Morgan fingerprint density at radius 2 is 2.04 bits per heavy atom. The molecule has 144 valence electrons. The number of amides is 1. The highest BCUT2D eigenvalue weighted by Gasteiger charge is 2.33. The molecule has 8 heteroatoms. The third-order valence-corrected chi connectivity index (χ3v) is 6.47. The summed E-state index contributed by atoms with van der Waals surface area (Å²) in [6.07, 6.45) is 3.63. The number of hydrogen-bond acceptors (Lipinski definition) is 6. The Bertz CT molecular complexity index is 913. The van der Waals surface area contributed by atoms with Crippen LogP contribution in [0.15, 0.2) is 42.7 Å². The highest BCUT2D eigenvalue weighted by molar-refractivity contribution is 7.91. The molecule has 1 N–H and O–H groups in total. The number of sulfone groups is 1. The van der Waals surface area contributed by atoms with Gasteiger partial charge in [-0.3, -0.25) is 9.78 Å². The zero-order chi connectivity index (χ0) is 19.4. The second kappa shape index (κ2) is 7.96. The second-order valence-electron chi connectivity index (χ2n) is 6.64. The molecule has 1 aromatic carbocycles. The van der Waals surface area contributed by atoms with Gasteiger partial charge in [-0.05, 0) is 30.2 Å². The molecule has 27 heavy (non-hydrogen) atoms. The van der Waals surface area contributed by atoms with Crippen LogP contribution in [0.3, 0.4) is 0 Å². The number of nitrogens with one attached hydrogen (secondary N) is 1. The summed E-state index contributed by atoms with van der Waals surface area (Å²) in [6.45, 7) is 0.583. The van der Waals surface area contributed by atoms with E-state index < -0.39 is 9.84 Å². The number of nitrogens with zero attached hydrogens (tertiary/aromatic N) is 2. The molecule has 0 spiro atoms. The number of hydrogen-bond donors (Lipinski definition) is 1. The number of carbonyl (C=O) groups is 1. The average Bonchev–Trinajstić information content (AvgIpc) is 3.05. The maximum Gasteiger partial charge on any atom is 0.255 e. The molecule has 0 bridgehead atoms. The van der Waals surface area contributed by atoms with Gasteiger partial charge in [0.1, 0.15) is 5.75 Å². The number of ether oxygens (including phenoxy) is 1. The molecule has 0 saturated carbocycles. The van der Waals surface area contributed by atoms with E-state index in [0.29, 0.717) is 18.5 Å². The van der Waals surface area contributed by atoms with Crippen LogP contribution >= 0.6 is 0 Å². The predicted octanol–water partition coefficient (Wildman–Crippen LogP) is 1.96. The van der Waals surface area contributed by atoms with Crippen LogP contribution in [-0.4, -0.2) is 55.9 Å². The van der Waals surface area contributed by atoms with Crippen molar-refractivity contribution in [3.8, 4) is 5.75 Å². The van der Waals surface area contributed by atoms with Crippen LogP contribution in [0, 0.1) is 0 Å². The molecule has 1 aliphatic heterocycles. The van der Waals surface area contributed by atoms with Gasteiger partial charge >= 0.3 is 0 Å². The summed E-state index contributed by atoms with van der Waals surface area (Å²) in [4.78, 5) is 18.3. The molecule has 0 aliphatic carbocycles. The van der Waals surface area contributed by atoms with Gasteiger partial charge in [-0.2, -0.15) is 0 Å². The first kappa shape index (κ1) is 19.2. The van der Waals surface area contributed by atoms with Crippen LogP contribution in [0.2, 0.25) is 0 Å². The van der Waals surface area contributed by atoms with E-state index in [9.17, 15) is 13.2 Å². The number of anilines is 1. The van der Waals surface area contributed by atoms with Crippen LogP contribution in [0.25, 0.3) is 0 Å². The zero-order valence-corrected chi connectivity index (χ0v) is 16.2. The lowest BCUT2D eigenvalue weighted by Gasteiger charge is -2.23. The van der Waals surface area contributed by atoms with Crippen molar-refractivity contribution >= 4 is 21.4 Å². The Hall–Kier alpha value is -2.61. The van der Waals surface area contributed by atoms with E-state index in [4.69, 9.17) is 4.74 Å². The van der Waals surface area contributed by atoms with E-state index in [1.54, 1.807) is 26.4 Å². The highest BCUT2D eigenvalue weighted by atomic mass is 32.2. The van der Waals surface area contributed by atoms with Gasteiger partial charge in [-0.1, -0.05) is 12.1 Å². The van der Waals surface area contributed by atoms with Gasteiger partial charge < -0.3 is 15.0 Å². The Kier molecular flexibility index (Phi) is 5.65. The maximum atomic E-state index is 12.7. The van der Waals surface area contributed by atoms with Crippen LogP contribution < -0.4 is 10.1 Å². The summed E-state index contributed by atoms with van der Waals surface area (Å²) in [6, 6.07) is 9.15. The third-order valence-electron chi connectivity index (χ3n) is 4.72. The molecule has 1 atom stereocenters. The number of benzene rings is 1. The van der Waals surface area contributed by atoms with E-state index in [1.807, 2.05) is 24.3 Å². The molecule has 1 aromatic heterocycles. The molecule has 1 aliphatic rings. The second-order valence-corrected chi connectivity index (χ2v) is 8.87. The number of methoxy groups -OCH3 is 1. The Labute approximate surface area is 159 Å². The minimum atomic E-state index is -3.04. The minimum Gasteiger partial charge on any atom is -0.497 e. The van der Waals surface area contributed by atoms with Crippen molar-refractivity contribution in [2.45, 2.75) is 19.0 Å².